The van der Waals surface area contributed by atoms with Crippen molar-refractivity contribution in [3.63, 3.8) is 0 Å². The lowest BCUT2D eigenvalue weighted by molar-refractivity contribution is 0.0349. The SMILES string of the molecule is O=C(c1ccc(CSc2c(F)c(F)cc(F)c2F)cc1)N1[C@H]2CC[C@H]1CC(Oc1ccc(F)cc1F)C2. The van der Waals surface area contributed by atoms with E-state index < -0.39 is 39.8 Å². The number of ether oxygens (including phenoxy) is 1. The molecule has 1 amide bonds. The van der Waals surface area contributed by atoms with Gasteiger partial charge in [0, 0.05) is 48.4 Å². The monoisotopic (exact) mass is 537 g/mol. The number of fused-ring (bicyclic) bond motifs is 2. The van der Waals surface area contributed by atoms with Gasteiger partial charge in [0.2, 0.25) is 0 Å². The third-order valence-corrected chi connectivity index (χ3v) is 7.89. The minimum Gasteiger partial charge on any atom is -0.487 e. The van der Waals surface area contributed by atoms with E-state index in [1.54, 1.807) is 24.3 Å². The van der Waals surface area contributed by atoms with Gasteiger partial charge >= 0.3 is 0 Å². The number of hydrogen-bond donors (Lipinski definition) is 0. The molecule has 10 heteroatoms. The number of carbonyl (C=O) groups excluding carboxylic acids is 1. The van der Waals surface area contributed by atoms with E-state index in [1.165, 1.54) is 6.07 Å². The van der Waals surface area contributed by atoms with Crippen LogP contribution in [0, 0.1) is 34.9 Å². The Morgan fingerprint density at radius 1 is 0.838 bits per heavy atom. The molecule has 2 bridgehead atoms. The first kappa shape index (κ1) is 25.5. The molecular weight excluding hydrogens is 516 g/mol. The number of amides is 1. The molecule has 0 spiro atoms. The minimum atomic E-state index is -1.46. The fourth-order valence-corrected chi connectivity index (χ4v) is 5.98. The fraction of sp³-hybridized carbons (Fsp3) is 0.296. The van der Waals surface area contributed by atoms with Gasteiger partial charge in [-0.25, -0.2) is 26.3 Å². The van der Waals surface area contributed by atoms with E-state index in [-0.39, 0.29) is 41.7 Å². The van der Waals surface area contributed by atoms with Crippen LogP contribution in [0.3, 0.4) is 0 Å². The van der Waals surface area contributed by atoms with Crippen LogP contribution >= 0.6 is 11.8 Å². The molecule has 3 nitrogen and oxygen atoms in total. The van der Waals surface area contributed by atoms with E-state index >= 15 is 0 Å². The highest BCUT2D eigenvalue weighted by atomic mass is 32.2. The molecule has 2 atom stereocenters. The molecular formula is C27H21F6NO2S. The fourth-order valence-electron chi connectivity index (χ4n) is 5.03. The van der Waals surface area contributed by atoms with Gasteiger partial charge in [0.1, 0.15) is 11.9 Å². The van der Waals surface area contributed by atoms with Crippen molar-refractivity contribution in [2.45, 2.75) is 54.5 Å². The van der Waals surface area contributed by atoms with Gasteiger partial charge in [0.25, 0.3) is 5.91 Å². The Morgan fingerprint density at radius 2 is 1.46 bits per heavy atom. The molecule has 3 aromatic carbocycles. The first-order valence-corrected chi connectivity index (χ1v) is 12.7. The minimum absolute atomic E-state index is 0.0141. The number of benzene rings is 3. The zero-order valence-corrected chi connectivity index (χ0v) is 20.1. The van der Waals surface area contributed by atoms with Gasteiger partial charge in [-0.1, -0.05) is 12.1 Å². The first-order chi connectivity index (χ1) is 17.7. The second kappa shape index (κ2) is 10.3. The van der Waals surface area contributed by atoms with Crippen LogP contribution < -0.4 is 4.74 Å². The Morgan fingerprint density at radius 3 is 2.05 bits per heavy atom. The summed E-state index contributed by atoms with van der Waals surface area (Å²) in [6, 6.07) is 9.63. The van der Waals surface area contributed by atoms with Crippen molar-refractivity contribution >= 4 is 17.7 Å². The van der Waals surface area contributed by atoms with Gasteiger partial charge in [0.05, 0.1) is 4.90 Å². The normalized spacial score (nSPS) is 20.8. The molecule has 0 aliphatic carbocycles. The van der Waals surface area contributed by atoms with E-state index in [0.29, 0.717) is 35.7 Å². The number of carbonyl (C=O) groups is 1. The number of piperidine rings is 1. The Kier molecular flexibility index (Phi) is 7.11. The zero-order chi connectivity index (χ0) is 26.3. The maximum absolute atomic E-state index is 14.0. The summed E-state index contributed by atoms with van der Waals surface area (Å²) in [4.78, 5) is 14.4. The van der Waals surface area contributed by atoms with Crippen LogP contribution in [-0.4, -0.2) is 29.0 Å². The topological polar surface area (TPSA) is 29.5 Å². The van der Waals surface area contributed by atoms with Crippen LogP contribution in [0.2, 0.25) is 0 Å². The summed E-state index contributed by atoms with van der Waals surface area (Å²) in [5, 5.41) is 0. The highest BCUT2D eigenvalue weighted by molar-refractivity contribution is 7.98. The van der Waals surface area contributed by atoms with Crippen molar-refractivity contribution < 1.29 is 35.9 Å². The van der Waals surface area contributed by atoms with Crippen LogP contribution in [0.5, 0.6) is 5.75 Å². The summed E-state index contributed by atoms with van der Waals surface area (Å²) in [7, 11) is 0. The number of thioether (sulfide) groups is 1. The van der Waals surface area contributed by atoms with Crippen molar-refractivity contribution in [2.75, 3.05) is 0 Å². The lowest BCUT2D eigenvalue weighted by Gasteiger charge is -2.39. The van der Waals surface area contributed by atoms with E-state index in [1.807, 2.05) is 4.90 Å². The second-order valence-corrected chi connectivity index (χ2v) is 10.2. The average Bonchev–Trinajstić information content (AvgIpc) is 3.14. The third-order valence-electron chi connectivity index (χ3n) is 6.77. The van der Waals surface area contributed by atoms with E-state index in [2.05, 4.69) is 0 Å². The van der Waals surface area contributed by atoms with Gasteiger partial charge in [0.15, 0.2) is 34.8 Å². The van der Waals surface area contributed by atoms with Crippen LogP contribution in [0.15, 0.2) is 53.4 Å². The Balaban J connectivity index is 1.22. The van der Waals surface area contributed by atoms with Crippen LogP contribution in [0.25, 0.3) is 0 Å². The van der Waals surface area contributed by atoms with E-state index in [4.69, 9.17) is 4.74 Å². The number of halogens is 6. The molecule has 2 aliphatic heterocycles. The summed E-state index contributed by atoms with van der Waals surface area (Å²) < 4.78 is 87.6. The number of rotatable bonds is 6. The van der Waals surface area contributed by atoms with Gasteiger partial charge in [-0.15, -0.1) is 11.8 Å². The highest BCUT2D eigenvalue weighted by Crippen LogP contribution is 2.39. The molecule has 2 fully saturated rings. The second-order valence-electron chi connectivity index (χ2n) is 9.17. The maximum atomic E-state index is 14.0. The summed E-state index contributed by atoms with van der Waals surface area (Å²) in [5.74, 6) is -7.40. The average molecular weight is 538 g/mol. The Hall–Kier alpha value is -3.14. The Bertz CT molecular complexity index is 1300. The van der Waals surface area contributed by atoms with Crippen LogP contribution in [0.4, 0.5) is 26.3 Å². The predicted molar refractivity (Wildman–Crippen MR) is 125 cm³/mol. The molecule has 0 N–H and O–H groups in total. The van der Waals surface area contributed by atoms with E-state index in [9.17, 15) is 31.1 Å². The third kappa shape index (κ3) is 5.16. The smallest absolute Gasteiger partial charge is 0.254 e. The summed E-state index contributed by atoms with van der Waals surface area (Å²) in [6.07, 6.45) is 2.33. The molecule has 2 saturated heterocycles. The molecule has 37 heavy (non-hydrogen) atoms. The number of hydrogen-bond acceptors (Lipinski definition) is 3. The van der Waals surface area contributed by atoms with Crippen molar-refractivity contribution in [1.29, 1.82) is 0 Å². The van der Waals surface area contributed by atoms with Gasteiger partial charge in [-0.3, -0.25) is 4.79 Å². The molecule has 0 radical (unpaired) electrons. The van der Waals surface area contributed by atoms with Crippen molar-refractivity contribution in [3.05, 3.63) is 94.6 Å². The molecule has 5 rings (SSSR count). The molecule has 0 aromatic heterocycles. The summed E-state index contributed by atoms with van der Waals surface area (Å²) in [5.41, 5.74) is 1.05. The zero-order valence-electron chi connectivity index (χ0n) is 19.3. The molecule has 3 aromatic rings. The molecule has 2 aliphatic rings. The van der Waals surface area contributed by atoms with Crippen LogP contribution in [-0.2, 0) is 5.75 Å². The largest absolute Gasteiger partial charge is 0.487 e. The highest BCUT2D eigenvalue weighted by Gasteiger charge is 2.44. The predicted octanol–water partition coefficient (Wildman–Crippen LogP) is 7.03. The number of nitrogens with zero attached hydrogens (tertiary/aromatic N) is 1. The van der Waals surface area contributed by atoms with Crippen molar-refractivity contribution in [2.24, 2.45) is 0 Å². The molecule has 2 heterocycles. The molecule has 0 saturated carbocycles. The molecule has 0 unspecified atom stereocenters. The lowest BCUT2D eigenvalue weighted by Crippen LogP contribution is -2.49. The van der Waals surface area contributed by atoms with Gasteiger partial charge in [-0.2, -0.15) is 0 Å². The first-order valence-electron chi connectivity index (χ1n) is 11.7. The quantitative estimate of drug-likeness (QED) is 0.192. The summed E-state index contributed by atoms with van der Waals surface area (Å²) in [6.45, 7) is 0. The van der Waals surface area contributed by atoms with Gasteiger partial charge in [-0.05, 0) is 42.7 Å². The van der Waals surface area contributed by atoms with Crippen LogP contribution in [0.1, 0.15) is 41.6 Å². The maximum Gasteiger partial charge on any atom is 0.254 e. The summed E-state index contributed by atoms with van der Waals surface area (Å²) >= 11 is 0.624. The van der Waals surface area contributed by atoms with Gasteiger partial charge < -0.3 is 9.64 Å². The van der Waals surface area contributed by atoms with Crippen molar-refractivity contribution in [1.82, 2.24) is 4.90 Å². The van der Waals surface area contributed by atoms with Crippen molar-refractivity contribution in [3.8, 4) is 5.75 Å². The van der Waals surface area contributed by atoms with E-state index in [0.717, 1.165) is 25.0 Å². The standard InChI is InChI=1S/C27H21F6NO2S/c28-16-5-8-23(20(29)9-16)36-19-10-17-6-7-18(11-19)34(17)27(35)15-3-1-14(2-4-15)13-37-26-24(32)21(30)12-22(31)25(26)33/h1-5,8-9,12,17-19H,6-7,10-11,13H2/t17-,18-/m0/s1. The molecule has 194 valence electrons. The Labute approximate surface area is 213 Å². The lowest BCUT2D eigenvalue weighted by atomic mass is 9.98.